The maximum Gasteiger partial charge on any atom is 0.0490 e. The van der Waals surface area contributed by atoms with Crippen LogP contribution < -0.4 is 0 Å². The topological polar surface area (TPSA) is 20.2 Å². The lowest BCUT2D eigenvalue weighted by Crippen LogP contribution is -2.48. The smallest absolute Gasteiger partial charge is 0.0490 e. The van der Waals surface area contributed by atoms with Crippen molar-refractivity contribution in [3.8, 4) is 0 Å². The van der Waals surface area contributed by atoms with Gasteiger partial charge in [0.2, 0.25) is 0 Å². The van der Waals surface area contributed by atoms with Crippen molar-refractivity contribution in [2.45, 2.75) is 46.0 Å². The Balaban J connectivity index is 1.75. The van der Waals surface area contributed by atoms with E-state index in [0.29, 0.717) is 17.4 Å². The largest absolute Gasteiger partial charge is 0.396 e. The van der Waals surface area contributed by atoms with Gasteiger partial charge in [0.05, 0.1) is 0 Å². The van der Waals surface area contributed by atoms with Gasteiger partial charge in [0.1, 0.15) is 0 Å². The van der Waals surface area contributed by atoms with E-state index >= 15 is 0 Å². The highest BCUT2D eigenvalue weighted by atomic mass is 16.3. The summed E-state index contributed by atoms with van der Waals surface area (Å²) < 4.78 is 0. The van der Waals surface area contributed by atoms with E-state index in [2.05, 4.69) is 19.9 Å². The van der Waals surface area contributed by atoms with Crippen LogP contribution in [0.15, 0.2) is 11.6 Å². The Morgan fingerprint density at radius 3 is 2.60 bits per heavy atom. The summed E-state index contributed by atoms with van der Waals surface area (Å²) in [6.07, 6.45) is 8.87. The molecule has 1 nitrogen and oxygen atoms in total. The highest BCUT2D eigenvalue weighted by Gasteiger charge is 2.53. The van der Waals surface area contributed by atoms with E-state index in [9.17, 15) is 5.11 Å². The summed E-state index contributed by atoms with van der Waals surface area (Å²) in [5.74, 6) is 1.77. The molecule has 84 valence electrons. The second-order valence-electron chi connectivity index (χ2n) is 6.66. The zero-order valence-electron chi connectivity index (χ0n) is 9.92. The Bertz CT molecular complexity index is 309. The quantitative estimate of drug-likeness (QED) is 0.703. The average Bonchev–Trinajstić information content (AvgIpc) is 2.98. The van der Waals surface area contributed by atoms with E-state index in [0.717, 1.165) is 11.8 Å². The molecule has 1 heteroatoms. The molecule has 0 radical (unpaired) electrons. The van der Waals surface area contributed by atoms with Crippen molar-refractivity contribution in [3.63, 3.8) is 0 Å². The molecule has 0 saturated heterocycles. The summed E-state index contributed by atoms with van der Waals surface area (Å²) in [7, 11) is 0. The standard InChI is InChI=1S/C14H22O/c1-13(2)11-4-3-10(12(13)7-11)8-14(9-15)5-6-14/h3,11-12,15H,4-9H2,1-2H3. The normalized spacial score (nSPS) is 39.3. The summed E-state index contributed by atoms with van der Waals surface area (Å²) in [4.78, 5) is 0. The molecule has 0 spiro atoms. The van der Waals surface area contributed by atoms with Gasteiger partial charge in [-0.05, 0) is 54.8 Å². The van der Waals surface area contributed by atoms with Gasteiger partial charge < -0.3 is 5.11 Å². The van der Waals surface area contributed by atoms with Crippen molar-refractivity contribution in [1.29, 1.82) is 0 Å². The number of hydrogen-bond acceptors (Lipinski definition) is 1. The van der Waals surface area contributed by atoms with Gasteiger partial charge in [-0.25, -0.2) is 0 Å². The zero-order valence-corrected chi connectivity index (χ0v) is 9.92. The van der Waals surface area contributed by atoms with Crippen molar-refractivity contribution < 1.29 is 5.11 Å². The SMILES string of the molecule is CC1(C)C2CC=C(CC3(CO)CC3)C1C2. The Labute approximate surface area is 92.6 Å². The molecule has 0 aromatic rings. The van der Waals surface area contributed by atoms with Crippen LogP contribution in [-0.2, 0) is 0 Å². The van der Waals surface area contributed by atoms with Crippen LogP contribution in [0.25, 0.3) is 0 Å². The number of aliphatic hydroxyl groups excluding tert-OH is 1. The lowest BCUT2D eigenvalue weighted by Gasteiger charge is -2.57. The fourth-order valence-electron chi connectivity index (χ4n) is 3.68. The first-order chi connectivity index (χ1) is 7.07. The van der Waals surface area contributed by atoms with Crippen LogP contribution >= 0.6 is 0 Å². The van der Waals surface area contributed by atoms with E-state index in [-0.39, 0.29) is 0 Å². The van der Waals surface area contributed by atoms with Crippen LogP contribution in [0.5, 0.6) is 0 Å². The Kier molecular flexibility index (Phi) is 1.90. The van der Waals surface area contributed by atoms with Crippen molar-refractivity contribution >= 4 is 0 Å². The molecule has 0 heterocycles. The van der Waals surface area contributed by atoms with Gasteiger partial charge in [0, 0.05) is 6.61 Å². The first kappa shape index (κ1) is 9.89. The summed E-state index contributed by atoms with van der Waals surface area (Å²) in [6.45, 7) is 5.26. The number of aliphatic hydroxyl groups is 1. The molecule has 1 N–H and O–H groups in total. The van der Waals surface area contributed by atoms with Gasteiger partial charge in [-0.1, -0.05) is 25.5 Å². The number of fused-ring (bicyclic) bond motifs is 1. The van der Waals surface area contributed by atoms with Crippen molar-refractivity contribution in [3.05, 3.63) is 11.6 Å². The lowest BCUT2D eigenvalue weighted by atomic mass is 9.48. The molecule has 0 aromatic carbocycles. The molecule has 2 atom stereocenters. The molecule has 4 aliphatic rings. The molecule has 0 aliphatic heterocycles. The predicted molar refractivity (Wildman–Crippen MR) is 61.4 cm³/mol. The fraction of sp³-hybridized carbons (Fsp3) is 0.857. The molecule has 0 aromatic heterocycles. The summed E-state index contributed by atoms with van der Waals surface area (Å²) >= 11 is 0. The molecule has 0 amide bonds. The van der Waals surface area contributed by atoms with Crippen LogP contribution in [0, 0.1) is 22.7 Å². The van der Waals surface area contributed by atoms with E-state index < -0.39 is 0 Å². The third-order valence-corrected chi connectivity index (χ3v) is 5.45. The van der Waals surface area contributed by atoms with E-state index in [1.807, 2.05) is 0 Å². The highest BCUT2D eigenvalue weighted by Crippen LogP contribution is 2.62. The molecule has 2 bridgehead atoms. The molecule has 2 fully saturated rings. The maximum atomic E-state index is 9.39. The van der Waals surface area contributed by atoms with Crippen LogP contribution in [0.4, 0.5) is 0 Å². The monoisotopic (exact) mass is 206 g/mol. The Hall–Kier alpha value is -0.300. The second-order valence-corrected chi connectivity index (χ2v) is 6.66. The van der Waals surface area contributed by atoms with E-state index in [1.54, 1.807) is 5.57 Å². The van der Waals surface area contributed by atoms with Gasteiger partial charge in [-0.2, -0.15) is 0 Å². The van der Waals surface area contributed by atoms with Gasteiger partial charge in [0.25, 0.3) is 0 Å². The fourth-order valence-corrected chi connectivity index (χ4v) is 3.68. The predicted octanol–water partition coefficient (Wildman–Crippen LogP) is 3.14. The first-order valence-electron chi connectivity index (χ1n) is 6.37. The number of rotatable bonds is 3. The van der Waals surface area contributed by atoms with Crippen molar-refractivity contribution in [2.24, 2.45) is 22.7 Å². The Morgan fingerprint density at radius 1 is 1.40 bits per heavy atom. The van der Waals surface area contributed by atoms with Crippen LogP contribution in [0.2, 0.25) is 0 Å². The molecular formula is C14H22O. The number of hydrogen-bond donors (Lipinski definition) is 1. The van der Waals surface area contributed by atoms with Crippen LogP contribution in [0.3, 0.4) is 0 Å². The third kappa shape index (κ3) is 1.32. The molecule has 4 aliphatic carbocycles. The van der Waals surface area contributed by atoms with Gasteiger partial charge in [0.15, 0.2) is 0 Å². The minimum atomic E-state index is 0.310. The summed E-state index contributed by atoms with van der Waals surface area (Å²) in [5, 5.41) is 9.39. The molecule has 2 saturated carbocycles. The maximum absolute atomic E-state index is 9.39. The van der Waals surface area contributed by atoms with Crippen molar-refractivity contribution in [1.82, 2.24) is 0 Å². The Morgan fingerprint density at radius 2 is 2.13 bits per heavy atom. The average molecular weight is 206 g/mol. The minimum Gasteiger partial charge on any atom is -0.396 e. The first-order valence-corrected chi connectivity index (χ1v) is 6.37. The van der Waals surface area contributed by atoms with Crippen molar-refractivity contribution in [2.75, 3.05) is 6.61 Å². The van der Waals surface area contributed by atoms with Crippen LogP contribution in [-0.4, -0.2) is 11.7 Å². The van der Waals surface area contributed by atoms with Gasteiger partial charge in [-0.3, -0.25) is 0 Å². The second kappa shape index (κ2) is 2.88. The van der Waals surface area contributed by atoms with E-state index in [4.69, 9.17) is 0 Å². The summed E-state index contributed by atoms with van der Waals surface area (Å²) in [5.41, 5.74) is 2.54. The minimum absolute atomic E-state index is 0.310. The molecule has 4 rings (SSSR count). The lowest BCUT2D eigenvalue weighted by molar-refractivity contribution is -0.0110. The van der Waals surface area contributed by atoms with Gasteiger partial charge >= 0.3 is 0 Å². The third-order valence-electron chi connectivity index (χ3n) is 5.45. The summed E-state index contributed by atoms with van der Waals surface area (Å²) in [6, 6.07) is 0. The van der Waals surface area contributed by atoms with Crippen LogP contribution in [0.1, 0.15) is 46.0 Å². The van der Waals surface area contributed by atoms with Gasteiger partial charge in [-0.15, -0.1) is 0 Å². The molecule has 2 unspecified atom stereocenters. The highest BCUT2D eigenvalue weighted by molar-refractivity contribution is 5.25. The zero-order chi connectivity index (χ0) is 10.7. The molecule has 15 heavy (non-hydrogen) atoms. The molecular weight excluding hydrogens is 184 g/mol. The van der Waals surface area contributed by atoms with E-state index in [1.165, 1.54) is 32.1 Å². The number of allylic oxidation sites excluding steroid dienone is 2.